The van der Waals surface area contributed by atoms with Gasteiger partial charge in [-0.05, 0) is 43.9 Å². The number of amides is 2. The third-order valence-corrected chi connectivity index (χ3v) is 8.85. The Morgan fingerprint density at radius 1 is 1.03 bits per heavy atom. The van der Waals surface area contributed by atoms with Crippen LogP contribution in [-0.4, -0.2) is 49.5 Å². The number of carbonyl (C=O) groups is 2. The van der Waals surface area contributed by atoms with Gasteiger partial charge >= 0.3 is 0 Å². The third kappa shape index (κ3) is 4.84. The molecule has 1 aliphatic carbocycles. The summed E-state index contributed by atoms with van der Waals surface area (Å²) in [5.74, 6) is -0.530. The molecule has 9 heteroatoms. The molecule has 0 radical (unpaired) electrons. The number of hydrogen-bond donors (Lipinski definition) is 2. The highest BCUT2D eigenvalue weighted by Crippen LogP contribution is 2.38. The SMILES string of the molecule is O=C1Nc2cc(S(=O)(=O)NC3CCCCC3)ccc2S[C@@H]1C(=O)N1CCCCCC1. The predicted octanol–water partition coefficient (Wildman–Crippen LogP) is 3.11. The number of thioether (sulfide) groups is 1. The Hall–Kier alpha value is -1.58. The van der Waals surface area contributed by atoms with E-state index >= 15 is 0 Å². The number of nitrogens with zero attached hydrogens (tertiary/aromatic N) is 1. The van der Waals surface area contributed by atoms with E-state index in [0.717, 1.165) is 62.7 Å². The minimum absolute atomic E-state index is 0.0284. The maximum Gasteiger partial charge on any atom is 0.247 e. The highest BCUT2D eigenvalue weighted by molar-refractivity contribution is 8.01. The van der Waals surface area contributed by atoms with Gasteiger partial charge in [-0.3, -0.25) is 9.59 Å². The molecule has 2 heterocycles. The van der Waals surface area contributed by atoms with Crippen LogP contribution in [0.3, 0.4) is 0 Å². The summed E-state index contributed by atoms with van der Waals surface area (Å²) >= 11 is 1.21. The Morgan fingerprint density at radius 2 is 1.70 bits per heavy atom. The fourth-order valence-electron chi connectivity index (χ4n) is 4.38. The van der Waals surface area contributed by atoms with Gasteiger partial charge in [0.25, 0.3) is 0 Å². The molecule has 0 aromatic heterocycles. The smallest absolute Gasteiger partial charge is 0.247 e. The summed E-state index contributed by atoms with van der Waals surface area (Å²) in [7, 11) is -3.65. The summed E-state index contributed by atoms with van der Waals surface area (Å²) in [5.41, 5.74) is 0.455. The zero-order valence-corrected chi connectivity index (χ0v) is 18.7. The molecule has 7 nitrogen and oxygen atoms in total. The molecule has 2 aliphatic heterocycles. The van der Waals surface area contributed by atoms with E-state index in [2.05, 4.69) is 10.0 Å². The molecule has 1 saturated carbocycles. The van der Waals surface area contributed by atoms with Gasteiger partial charge in [0.1, 0.15) is 0 Å². The van der Waals surface area contributed by atoms with Crippen molar-refractivity contribution in [1.82, 2.24) is 9.62 Å². The van der Waals surface area contributed by atoms with Crippen LogP contribution >= 0.6 is 11.8 Å². The molecular formula is C21H29N3O4S2. The van der Waals surface area contributed by atoms with Gasteiger partial charge in [0.05, 0.1) is 10.6 Å². The molecule has 4 rings (SSSR count). The summed E-state index contributed by atoms with van der Waals surface area (Å²) in [6.45, 7) is 1.39. The van der Waals surface area contributed by atoms with E-state index in [1.807, 2.05) is 0 Å². The molecule has 1 aromatic rings. The molecular weight excluding hydrogens is 422 g/mol. The maximum atomic E-state index is 12.9. The summed E-state index contributed by atoms with van der Waals surface area (Å²) in [5, 5.41) is 1.94. The second-order valence-electron chi connectivity index (χ2n) is 8.34. The van der Waals surface area contributed by atoms with Crippen molar-refractivity contribution in [2.45, 2.75) is 78.9 Å². The van der Waals surface area contributed by atoms with E-state index in [1.54, 1.807) is 17.0 Å². The van der Waals surface area contributed by atoms with Crippen LogP contribution in [0, 0.1) is 0 Å². The second-order valence-corrected chi connectivity index (χ2v) is 11.2. The van der Waals surface area contributed by atoms with Gasteiger partial charge in [0, 0.05) is 24.0 Å². The zero-order chi connectivity index (χ0) is 21.1. The molecule has 1 aromatic carbocycles. The van der Waals surface area contributed by atoms with Gasteiger partial charge in [0.2, 0.25) is 21.8 Å². The molecule has 2 fully saturated rings. The normalized spacial score (nSPS) is 23.4. The molecule has 2 amide bonds. The molecule has 164 valence electrons. The van der Waals surface area contributed by atoms with E-state index in [-0.39, 0.29) is 22.8 Å². The molecule has 2 N–H and O–H groups in total. The first kappa shape index (κ1) is 21.6. The first-order chi connectivity index (χ1) is 14.4. The van der Waals surface area contributed by atoms with Crippen LogP contribution in [0.1, 0.15) is 57.8 Å². The fraction of sp³-hybridized carbons (Fsp3) is 0.619. The van der Waals surface area contributed by atoms with Crippen LogP contribution in [0.4, 0.5) is 5.69 Å². The van der Waals surface area contributed by atoms with Crippen molar-refractivity contribution < 1.29 is 18.0 Å². The Balaban J connectivity index is 1.48. The van der Waals surface area contributed by atoms with E-state index in [9.17, 15) is 18.0 Å². The standard InChI is InChI=1S/C21H29N3O4S2/c25-20-19(21(26)24-12-6-1-2-7-13-24)29-18-11-10-16(14-17(18)22-20)30(27,28)23-15-8-4-3-5-9-15/h10-11,14-15,19,23H,1-9,12-13H2,(H,22,25)/t19-/m0/s1. The van der Waals surface area contributed by atoms with E-state index in [0.29, 0.717) is 18.8 Å². The lowest BCUT2D eigenvalue weighted by Gasteiger charge is -2.29. The van der Waals surface area contributed by atoms with Crippen LogP contribution in [0.2, 0.25) is 0 Å². The molecule has 0 bridgehead atoms. The summed E-state index contributed by atoms with van der Waals surface area (Å²) in [4.78, 5) is 28.2. The van der Waals surface area contributed by atoms with E-state index in [4.69, 9.17) is 0 Å². The summed E-state index contributed by atoms with van der Waals surface area (Å²) in [6.07, 6.45) is 9.11. The lowest BCUT2D eigenvalue weighted by molar-refractivity contribution is -0.133. The van der Waals surface area contributed by atoms with Gasteiger partial charge in [-0.2, -0.15) is 0 Å². The molecule has 0 spiro atoms. The lowest BCUT2D eigenvalue weighted by atomic mass is 9.96. The topological polar surface area (TPSA) is 95.6 Å². The molecule has 30 heavy (non-hydrogen) atoms. The number of likely N-dealkylation sites (tertiary alicyclic amines) is 1. The third-order valence-electron chi connectivity index (χ3n) is 6.07. The Morgan fingerprint density at radius 3 is 2.40 bits per heavy atom. The first-order valence-corrected chi connectivity index (χ1v) is 13.2. The lowest BCUT2D eigenvalue weighted by Crippen LogP contribution is -2.45. The van der Waals surface area contributed by atoms with E-state index in [1.165, 1.54) is 17.8 Å². The van der Waals surface area contributed by atoms with Crippen molar-refractivity contribution in [3.05, 3.63) is 18.2 Å². The largest absolute Gasteiger partial charge is 0.341 e. The second kappa shape index (κ2) is 9.28. The minimum Gasteiger partial charge on any atom is -0.341 e. The van der Waals surface area contributed by atoms with Crippen LogP contribution < -0.4 is 10.0 Å². The molecule has 1 saturated heterocycles. The van der Waals surface area contributed by atoms with Crippen molar-refractivity contribution in [2.75, 3.05) is 18.4 Å². The van der Waals surface area contributed by atoms with Crippen molar-refractivity contribution in [2.24, 2.45) is 0 Å². The quantitative estimate of drug-likeness (QED) is 0.686. The van der Waals surface area contributed by atoms with Crippen LogP contribution in [-0.2, 0) is 19.6 Å². The maximum absolute atomic E-state index is 12.9. The van der Waals surface area contributed by atoms with Gasteiger partial charge in [-0.25, -0.2) is 13.1 Å². The average molecular weight is 452 g/mol. The Kier molecular flexibility index (Phi) is 6.69. The highest BCUT2D eigenvalue weighted by atomic mass is 32.2. The van der Waals surface area contributed by atoms with Crippen LogP contribution in [0.25, 0.3) is 0 Å². The van der Waals surface area contributed by atoms with Gasteiger partial charge in [-0.15, -0.1) is 11.8 Å². The van der Waals surface area contributed by atoms with Crippen molar-refractivity contribution in [1.29, 1.82) is 0 Å². The number of fused-ring (bicyclic) bond motifs is 1. The van der Waals surface area contributed by atoms with Gasteiger partial charge < -0.3 is 10.2 Å². The number of rotatable bonds is 4. The fourth-order valence-corrected chi connectivity index (χ4v) is 6.77. The Labute approximate surface area is 182 Å². The average Bonchev–Trinajstić information content (AvgIpc) is 3.02. The number of nitrogens with one attached hydrogen (secondary N) is 2. The molecule has 1 atom stereocenters. The van der Waals surface area contributed by atoms with Gasteiger partial charge in [0.15, 0.2) is 5.25 Å². The summed E-state index contributed by atoms with van der Waals surface area (Å²) in [6, 6.07) is 4.72. The van der Waals surface area contributed by atoms with Crippen molar-refractivity contribution >= 4 is 39.3 Å². The summed E-state index contributed by atoms with van der Waals surface area (Å²) < 4.78 is 28.4. The first-order valence-electron chi connectivity index (χ1n) is 10.9. The predicted molar refractivity (Wildman–Crippen MR) is 117 cm³/mol. The van der Waals surface area contributed by atoms with Gasteiger partial charge in [-0.1, -0.05) is 32.1 Å². The number of benzene rings is 1. The monoisotopic (exact) mass is 451 g/mol. The van der Waals surface area contributed by atoms with Crippen molar-refractivity contribution in [3.8, 4) is 0 Å². The number of carbonyl (C=O) groups excluding carboxylic acids is 2. The highest BCUT2D eigenvalue weighted by Gasteiger charge is 2.36. The molecule has 0 unspecified atom stereocenters. The number of anilines is 1. The Bertz CT molecular complexity index is 905. The number of sulfonamides is 1. The van der Waals surface area contributed by atoms with E-state index < -0.39 is 15.3 Å². The van der Waals surface area contributed by atoms with Crippen LogP contribution in [0.5, 0.6) is 0 Å². The van der Waals surface area contributed by atoms with Crippen LogP contribution in [0.15, 0.2) is 28.0 Å². The zero-order valence-electron chi connectivity index (χ0n) is 17.1. The van der Waals surface area contributed by atoms with Crippen molar-refractivity contribution in [3.63, 3.8) is 0 Å². The minimum atomic E-state index is -3.65. The molecule has 3 aliphatic rings. The number of hydrogen-bond acceptors (Lipinski definition) is 5.